The van der Waals surface area contributed by atoms with Gasteiger partial charge in [0, 0.05) is 47.8 Å². The summed E-state index contributed by atoms with van der Waals surface area (Å²) >= 11 is 0. The van der Waals surface area contributed by atoms with E-state index in [9.17, 15) is 0 Å². The number of ether oxygens (including phenoxy) is 2. The molecule has 0 N–H and O–H groups in total. The van der Waals surface area contributed by atoms with Gasteiger partial charge in [-0.1, -0.05) is 47.4 Å². The molecular formula is C38H21N5O2PdPt. The molecule has 7 nitrogen and oxygen atoms in total. The van der Waals surface area contributed by atoms with Gasteiger partial charge in [-0.05, 0) is 29.6 Å². The Morgan fingerprint density at radius 3 is 1.38 bits per heavy atom. The van der Waals surface area contributed by atoms with Crippen LogP contribution in [0, 0.1) is 24.3 Å². The molecule has 8 aromatic rings. The SMILES string of the molecule is [Pd+2].[Pt+2].[c-]1c(Oc2[c-]c3c(cc2)c2ccc(Oc4[c-]c(-c5ccccn5)ccc4)[c-]c2n3-c2ncccn2)cccc1-c1ccccn1. The van der Waals surface area contributed by atoms with Gasteiger partial charge in [-0.25, -0.2) is 9.97 Å². The van der Waals surface area contributed by atoms with Gasteiger partial charge < -0.3 is 24.0 Å². The largest absolute Gasteiger partial charge is 2.00 e. The molecule has 47 heavy (non-hydrogen) atoms. The van der Waals surface area contributed by atoms with Crippen LogP contribution in [0.4, 0.5) is 0 Å². The second kappa shape index (κ2) is 14.2. The summed E-state index contributed by atoms with van der Waals surface area (Å²) in [5.41, 5.74) is 4.80. The van der Waals surface area contributed by atoms with E-state index in [0.717, 1.165) is 44.3 Å². The fourth-order valence-corrected chi connectivity index (χ4v) is 5.15. The van der Waals surface area contributed by atoms with Crippen molar-refractivity contribution in [1.29, 1.82) is 0 Å². The van der Waals surface area contributed by atoms with Crippen molar-refractivity contribution in [3.8, 4) is 51.5 Å². The third-order valence-electron chi connectivity index (χ3n) is 7.14. The fraction of sp³-hybridized carbons (Fsp3) is 0. The van der Waals surface area contributed by atoms with Crippen molar-refractivity contribution in [2.45, 2.75) is 0 Å². The number of nitrogens with zero attached hydrogens (tertiary/aromatic N) is 5. The van der Waals surface area contributed by atoms with Crippen LogP contribution < -0.4 is 9.47 Å². The maximum absolute atomic E-state index is 6.25. The van der Waals surface area contributed by atoms with Gasteiger partial charge in [-0.3, -0.25) is 0 Å². The first-order chi connectivity index (χ1) is 22.3. The Bertz CT molecular complexity index is 2140. The van der Waals surface area contributed by atoms with Crippen molar-refractivity contribution in [3.05, 3.63) is 152 Å². The van der Waals surface area contributed by atoms with Gasteiger partial charge in [0.25, 0.3) is 0 Å². The smallest absolute Gasteiger partial charge is 0.503 e. The summed E-state index contributed by atoms with van der Waals surface area (Å²) in [5, 5.41) is 1.89. The van der Waals surface area contributed by atoms with Gasteiger partial charge in [0.2, 0.25) is 5.95 Å². The fourth-order valence-electron chi connectivity index (χ4n) is 5.15. The first kappa shape index (κ1) is 32.0. The quantitative estimate of drug-likeness (QED) is 0.118. The van der Waals surface area contributed by atoms with Gasteiger partial charge in [0.15, 0.2) is 0 Å². The summed E-state index contributed by atoms with van der Waals surface area (Å²) in [6.07, 6.45) is 6.93. The predicted octanol–water partition coefficient (Wildman–Crippen LogP) is 8.48. The first-order valence-electron chi connectivity index (χ1n) is 14.2. The molecule has 9 heteroatoms. The van der Waals surface area contributed by atoms with Crippen LogP contribution in [-0.4, -0.2) is 24.5 Å². The Kier molecular flexibility index (Phi) is 9.66. The van der Waals surface area contributed by atoms with Crippen LogP contribution >= 0.6 is 0 Å². The molecule has 4 aromatic heterocycles. The third kappa shape index (κ3) is 6.63. The van der Waals surface area contributed by atoms with Gasteiger partial charge in [0.05, 0.1) is 0 Å². The molecule has 0 amide bonds. The van der Waals surface area contributed by atoms with E-state index in [0.29, 0.717) is 28.9 Å². The molecule has 230 valence electrons. The Hall–Kier alpha value is -4.99. The monoisotopic (exact) mass is 880 g/mol. The number of hydrogen-bond donors (Lipinski definition) is 0. The molecule has 0 fully saturated rings. The van der Waals surface area contributed by atoms with E-state index >= 15 is 0 Å². The average molecular weight is 881 g/mol. The molecule has 0 saturated heterocycles. The topological polar surface area (TPSA) is 75.0 Å². The maximum Gasteiger partial charge on any atom is 2.00 e. The zero-order chi connectivity index (χ0) is 30.0. The Morgan fingerprint density at radius 1 is 0.447 bits per heavy atom. The van der Waals surface area contributed by atoms with Crippen molar-refractivity contribution in [3.63, 3.8) is 0 Å². The molecule has 0 spiro atoms. The minimum absolute atomic E-state index is 0. The summed E-state index contributed by atoms with van der Waals surface area (Å²) in [4.78, 5) is 17.9. The summed E-state index contributed by atoms with van der Waals surface area (Å²) in [6.45, 7) is 0. The number of pyridine rings is 2. The molecule has 0 aliphatic rings. The third-order valence-corrected chi connectivity index (χ3v) is 7.14. The van der Waals surface area contributed by atoms with Gasteiger partial charge in [-0.15, -0.1) is 71.8 Å². The van der Waals surface area contributed by atoms with E-state index < -0.39 is 0 Å². The number of fused-ring (bicyclic) bond motifs is 3. The van der Waals surface area contributed by atoms with E-state index in [1.807, 2.05) is 102 Å². The number of benzene rings is 4. The van der Waals surface area contributed by atoms with E-state index in [2.05, 4.69) is 44.2 Å². The van der Waals surface area contributed by atoms with E-state index in [-0.39, 0.29) is 41.5 Å². The van der Waals surface area contributed by atoms with Gasteiger partial charge in [-0.2, -0.15) is 22.9 Å². The minimum Gasteiger partial charge on any atom is -0.503 e. The number of hydrogen-bond acceptors (Lipinski definition) is 6. The van der Waals surface area contributed by atoms with Crippen LogP contribution in [0.2, 0.25) is 0 Å². The standard InChI is InChI=1S/C38H21N5O2.Pd.Pt/c1-3-18-39-34(12-1)26-8-5-10-28(22-26)44-30-14-16-32-33-17-15-31(25-37(33)43(36(32)24-30)38-41-20-7-21-42-38)45-29-11-6-9-27(23-29)35-13-2-4-19-40-35;;/h1-21H;;/q-4;2*+2. The molecule has 0 aliphatic carbocycles. The maximum atomic E-state index is 6.25. The second-order valence-electron chi connectivity index (χ2n) is 10.0. The summed E-state index contributed by atoms with van der Waals surface area (Å²) in [6, 6.07) is 46.1. The zero-order valence-electron chi connectivity index (χ0n) is 24.3. The van der Waals surface area contributed by atoms with E-state index in [1.54, 1.807) is 30.9 Å². The number of aromatic nitrogens is 5. The van der Waals surface area contributed by atoms with Crippen molar-refractivity contribution >= 4 is 21.8 Å². The van der Waals surface area contributed by atoms with Crippen LogP contribution in [0.25, 0.3) is 50.3 Å². The van der Waals surface area contributed by atoms with Gasteiger partial charge >= 0.3 is 41.5 Å². The van der Waals surface area contributed by atoms with Crippen LogP contribution in [0.3, 0.4) is 0 Å². The van der Waals surface area contributed by atoms with E-state index in [4.69, 9.17) is 9.47 Å². The molecule has 0 saturated carbocycles. The van der Waals surface area contributed by atoms with Crippen LogP contribution in [0.15, 0.2) is 128 Å². The minimum atomic E-state index is 0. The molecule has 0 atom stereocenters. The first-order valence-corrected chi connectivity index (χ1v) is 14.2. The van der Waals surface area contributed by atoms with Crippen molar-refractivity contribution in [1.82, 2.24) is 24.5 Å². The molecule has 0 unspecified atom stereocenters. The van der Waals surface area contributed by atoms with Gasteiger partial charge in [0.1, 0.15) is 0 Å². The zero-order valence-corrected chi connectivity index (χ0v) is 28.1. The Labute approximate surface area is 299 Å². The van der Waals surface area contributed by atoms with Crippen LogP contribution in [0.1, 0.15) is 0 Å². The van der Waals surface area contributed by atoms with Crippen molar-refractivity contribution in [2.75, 3.05) is 0 Å². The van der Waals surface area contributed by atoms with Crippen molar-refractivity contribution < 1.29 is 51.0 Å². The second-order valence-corrected chi connectivity index (χ2v) is 10.0. The Balaban J connectivity index is 0.00000193. The molecular weight excluding hydrogens is 860 g/mol. The normalized spacial score (nSPS) is 10.6. The summed E-state index contributed by atoms with van der Waals surface area (Å²) < 4.78 is 14.4. The number of rotatable bonds is 7. The average Bonchev–Trinajstić information content (AvgIpc) is 3.42. The summed E-state index contributed by atoms with van der Waals surface area (Å²) in [7, 11) is 0. The summed E-state index contributed by atoms with van der Waals surface area (Å²) in [5.74, 6) is 2.63. The van der Waals surface area contributed by atoms with Crippen LogP contribution in [-0.2, 0) is 41.5 Å². The molecule has 0 aliphatic heterocycles. The van der Waals surface area contributed by atoms with Crippen molar-refractivity contribution in [2.24, 2.45) is 0 Å². The molecule has 0 radical (unpaired) electrons. The molecule has 4 aromatic carbocycles. The van der Waals surface area contributed by atoms with Crippen LogP contribution in [0.5, 0.6) is 23.0 Å². The molecule has 8 rings (SSSR count). The van der Waals surface area contributed by atoms with E-state index in [1.165, 1.54) is 0 Å². The predicted molar refractivity (Wildman–Crippen MR) is 171 cm³/mol. The molecule has 4 heterocycles. The Morgan fingerprint density at radius 2 is 0.915 bits per heavy atom. The molecule has 0 bridgehead atoms.